The number of benzene rings is 1. The fraction of sp³-hybridized carbons (Fsp3) is 0.308. The number of carboxylic acids is 1. The maximum absolute atomic E-state index is 10.7. The zero-order valence-electron chi connectivity index (χ0n) is 11.2. The van der Waals surface area contributed by atoms with Gasteiger partial charge in [0.05, 0.1) is 10.8 Å². The monoisotopic (exact) mass is 389 g/mol. The highest BCUT2D eigenvalue weighted by molar-refractivity contribution is 9.10. The molecule has 1 heterocycles. The first-order chi connectivity index (χ1) is 10.0. The van der Waals surface area contributed by atoms with Gasteiger partial charge in [-0.1, -0.05) is 30.3 Å². The van der Waals surface area contributed by atoms with Gasteiger partial charge in [-0.2, -0.15) is 0 Å². The first kappa shape index (κ1) is 16.3. The minimum absolute atomic E-state index is 0.0387. The Morgan fingerprint density at radius 2 is 2.24 bits per heavy atom. The Hall–Kier alpha value is -1.05. The molecule has 112 valence electrons. The van der Waals surface area contributed by atoms with Gasteiger partial charge in [0.15, 0.2) is 11.0 Å². The molecule has 2 aromatic rings. The number of carboxylic acid groups (broad SMARTS) is 1. The lowest BCUT2D eigenvalue weighted by Crippen LogP contribution is -2.04. The van der Waals surface area contributed by atoms with Crippen molar-refractivity contribution in [2.24, 2.45) is 0 Å². The predicted molar refractivity (Wildman–Crippen MR) is 86.8 cm³/mol. The summed E-state index contributed by atoms with van der Waals surface area (Å²) in [6.45, 7) is 2.77. The van der Waals surface area contributed by atoms with E-state index >= 15 is 0 Å². The molecule has 2 rings (SSSR count). The van der Waals surface area contributed by atoms with Gasteiger partial charge < -0.3 is 9.67 Å². The van der Waals surface area contributed by atoms with Crippen molar-refractivity contribution in [3.05, 3.63) is 27.7 Å². The number of hydrogen-bond donors (Lipinski definition) is 1. The van der Waals surface area contributed by atoms with Crippen LogP contribution in [0.15, 0.2) is 27.8 Å². The van der Waals surface area contributed by atoms with Gasteiger partial charge in [-0.25, -0.2) is 0 Å². The molecule has 8 heteroatoms. The molecule has 5 nitrogen and oxygen atoms in total. The smallest absolute Gasteiger partial charge is 0.313 e. The predicted octanol–water partition coefficient (Wildman–Crippen LogP) is 3.95. The van der Waals surface area contributed by atoms with Crippen LogP contribution in [-0.2, 0) is 11.3 Å². The van der Waals surface area contributed by atoms with Gasteiger partial charge >= 0.3 is 5.97 Å². The summed E-state index contributed by atoms with van der Waals surface area (Å²) in [7, 11) is 0. The van der Waals surface area contributed by atoms with E-state index in [1.165, 1.54) is 11.8 Å². The molecule has 0 spiro atoms. The Bertz CT molecular complexity index is 663. The van der Waals surface area contributed by atoms with E-state index < -0.39 is 5.97 Å². The van der Waals surface area contributed by atoms with Crippen LogP contribution in [0.5, 0.6) is 0 Å². The molecule has 0 fully saturated rings. The lowest BCUT2D eigenvalue weighted by atomic mass is 10.2. The minimum atomic E-state index is -0.876. The number of aliphatic carboxylic acids is 1. The first-order valence-corrected chi connectivity index (χ1v) is 8.41. The van der Waals surface area contributed by atoms with E-state index in [9.17, 15) is 4.79 Å². The van der Waals surface area contributed by atoms with Crippen molar-refractivity contribution >= 4 is 45.3 Å². The number of carbonyl (C=O) groups is 1. The fourth-order valence-corrected chi connectivity index (χ4v) is 2.91. The second-order valence-corrected chi connectivity index (χ2v) is 6.47. The van der Waals surface area contributed by atoms with Gasteiger partial charge in [-0.3, -0.25) is 4.79 Å². The van der Waals surface area contributed by atoms with Crippen LogP contribution in [0.1, 0.15) is 13.3 Å². The topological polar surface area (TPSA) is 68.0 Å². The van der Waals surface area contributed by atoms with Crippen LogP contribution >= 0.6 is 39.3 Å². The van der Waals surface area contributed by atoms with Crippen LogP contribution in [-0.4, -0.2) is 31.6 Å². The summed E-state index contributed by atoms with van der Waals surface area (Å²) >= 11 is 10.6. The van der Waals surface area contributed by atoms with Crippen molar-refractivity contribution in [1.82, 2.24) is 14.8 Å². The molecule has 21 heavy (non-hydrogen) atoms. The maximum atomic E-state index is 10.7. The number of halogens is 2. The molecular weight excluding hydrogens is 378 g/mol. The SMILES string of the molecule is CCCn1c(SCC(=O)O)nnc1-c1ccc(Br)c(Cl)c1. The summed E-state index contributed by atoms with van der Waals surface area (Å²) < 4.78 is 2.74. The summed E-state index contributed by atoms with van der Waals surface area (Å²) in [5, 5.41) is 18.3. The van der Waals surface area contributed by atoms with Crippen molar-refractivity contribution in [2.75, 3.05) is 5.75 Å². The van der Waals surface area contributed by atoms with E-state index in [0.29, 0.717) is 16.0 Å². The zero-order chi connectivity index (χ0) is 15.4. The van der Waals surface area contributed by atoms with Crippen LogP contribution in [0.4, 0.5) is 0 Å². The van der Waals surface area contributed by atoms with Crippen LogP contribution in [0.25, 0.3) is 11.4 Å². The quantitative estimate of drug-likeness (QED) is 0.756. The van der Waals surface area contributed by atoms with E-state index in [4.69, 9.17) is 16.7 Å². The second-order valence-electron chi connectivity index (χ2n) is 4.27. The molecule has 0 aliphatic carbocycles. The summed E-state index contributed by atoms with van der Waals surface area (Å²) in [5.41, 5.74) is 0.853. The average Bonchev–Trinajstić information content (AvgIpc) is 2.83. The van der Waals surface area contributed by atoms with Gasteiger partial charge in [-0.05, 0) is 40.5 Å². The van der Waals surface area contributed by atoms with Crippen molar-refractivity contribution < 1.29 is 9.90 Å². The van der Waals surface area contributed by atoms with E-state index in [0.717, 1.165) is 23.0 Å². The summed E-state index contributed by atoms with van der Waals surface area (Å²) in [6, 6.07) is 5.57. The molecule has 0 unspecified atom stereocenters. The summed E-state index contributed by atoms with van der Waals surface area (Å²) in [5.74, 6) is -0.221. The second kappa shape index (κ2) is 7.29. The molecule has 0 aliphatic heterocycles. The summed E-state index contributed by atoms with van der Waals surface area (Å²) in [4.78, 5) is 10.7. The highest BCUT2D eigenvalue weighted by atomic mass is 79.9. The number of thioether (sulfide) groups is 1. The van der Waals surface area contributed by atoms with Crippen molar-refractivity contribution in [2.45, 2.75) is 25.0 Å². The Morgan fingerprint density at radius 1 is 1.48 bits per heavy atom. The van der Waals surface area contributed by atoms with Crippen molar-refractivity contribution in [3.63, 3.8) is 0 Å². The number of hydrogen-bond acceptors (Lipinski definition) is 4. The molecular formula is C13H13BrClN3O2S. The minimum Gasteiger partial charge on any atom is -0.481 e. The molecule has 1 aromatic carbocycles. The highest BCUT2D eigenvalue weighted by Crippen LogP contribution is 2.30. The third-order valence-electron chi connectivity index (χ3n) is 2.67. The van der Waals surface area contributed by atoms with Crippen LogP contribution in [0.3, 0.4) is 0 Å². The van der Waals surface area contributed by atoms with Gasteiger partial charge in [-0.15, -0.1) is 10.2 Å². The zero-order valence-corrected chi connectivity index (χ0v) is 14.4. The Balaban J connectivity index is 2.38. The Kier molecular flexibility index (Phi) is 5.66. The van der Waals surface area contributed by atoms with E-state index in [1.54, 1.807) is 0 Å². The summed E-state index contributed by atoms with van der Waals surface area (Å²) in [6.07, 6.45) is 0.899. The average molecular weight is 391 g/mol. The normalized spacial score (nSPS) is 10.8. The largest absolute Gasteiger partial charge is 0.481 e. The van der Waals surface area contributed by atoms with Crippen molar-refractivity contribution in [1.29, 1.82) is 0 Å². The number of aromatic nitrogens is 3. The molecule has 0 atom stereocenters. The molecule has 0 saturated heterocycles. The van der Waals surface area contributed by atoms with Crippen LogP contribution in [0, 0.1) is 0 Å². The molecule has 0 amide bonds. The highest BCUT2D eigenvalue weighted by Gasteiger charge is 2.15. The van der Waals surface area contributed by atoms with Gasteiger partial charge in [0, 0.05) is 16.6 Å². The molecule has 1 aromatic heterocycles. The lowest BCUT2D eigenvalue weighted by molar-refractivity contribution is -0.133. The van der Waals surface area contributed by atoms with Gasteiger partial charge in [0.2, 0.25) is 0 Å². The number of rotatable bonds is 6. The molecule has 1 N–H and O–H groups in total. The first-order valence-electron chi connectivity index (χ1n) is 6.26. The molecule has 0 radical (unpaired) electrons. The van der Waals surface area contributed by atoms with Gasteiger partial charge in [0.25, 0.3) is 0 Å². The maximum Gasteiger partial charge on any atom is 0.313 e. The lowest BCUT2D eigenvalue weighted by Gasteiger charge is -2.08. The van der Waals surface area contributed by atoms with E-state index in [1.807, 2.05) is 29.7 Å². The van der Waals surface area contributed by atoms with E-state index in [-0.39, 0.29) is 5.75 Å². The van der Waals surface area contributed by atoms with E-state index in [2.05, 4.69) is 26.1 Å². The molecule has 0 bridgehead atoms. The third-order valence-corrected chi connectivity index (χ3v) is 4.85. The Labute approximate surface area is 139 Å². The standard InChI is InChI=1S/C13H13BrClN3O2S/c1-2-5-18-12(8-3-4-9(14)10(15)6-8)16-17-13(18)21-7-11(19)20/h3-4,6H,2,5,7H2,1H3,(H,19,20). The van der Waals surface area contributed by atoms with Gasteiger partial charge in [0.1, 0.15) is 0 Å². The number of nitrogens with zero attached hydrogens (tertiary/aromatic N) is 3. The molecule has 0 saturated carbocycles. The van der Waals surface area contributed by atoms with Crippen LogP contribution < -0.4 is 0 Å². The Morgan fingerprint density at radius 3 is 2.86 bits per heavy atom. The van der Waals surface area contributed by atoms with Crippen LogP contribution in [0.2, 0.25) is 5.02 Å². The van der Waals surface area contributed by atoms with Crippen molar-refractivity contribution in [3.8, 4) is 11.4 Å². The fourth-order valence-electron chi connectivity index (χ4n) is 1.80. The molecule has 0 aliphatic rings. The third kappa shape index (κ3) is 3.99.